The fraction of sp³-hybridized carbons (Fsp3) is 0.316. The van der Waals surface area contributed by atoms with E-state index in [1.807, 2.05) is 0 Å². The highest BCUT2D eigenvalue weighted by atomic mass is 32.1. The molecule has 0 aliphatic rings. The van der Waals surface area contributed by atoms with Crippen LogP contribution in [0.4, 0.5) is 4.39 Å². The molecule has 136 valence electrons. The first-order valence-corrected chi connectivity index (χ1v) is 9.05. The van der Waals surface area contributed by atoms with Crippen LogP contribution in [0.1, 0.15) is 40.5 Å². The highest BCUT2D eigenvalue weighted by Gasteiger charge is 2.22. The molecular formula is C19H19FN2O3S. The molecule has 0 bridgehead atoms. The molecule has 0 atom stereocenters. The highest BCUT2D eigenvalue weighted by Crippen LogP contribution is 2.28. The van der Waals surface area contributed by atoms with E-state index < -0.39 is 5.97 Å². The van der Waals surface area contributed by atoms with Crippen LogP contribution in [-0.2, 0) is 11.3 Å². The first-order chi connectivity index (χ1) is 12.3. The van der Waals surface area contributed by atoms with Gasteiger partial charge in [-0.15, -0.1) is 11.3 Å². The van der Waals surface area contributed by atoms with Gasteiger partial charge in [0, 0.05) is 0 Å². The Balaban J connectivity index is 2.11. The van der Waals surface area contributed by atoms with Crippen LogP contribution < -0.4 is 5.56 Å². The summed E-state index contributed by atoms with van der Waals surface area (Å²) in [4.78, 5) is 30.6. The number of ether oxygens (including phenoxy) is 1. The molecule has 5 nitrogen and oxygen atoms in total. The second kappa shape index (κ2) is 6.99. The van der Waals surface area contributed by atoms with Crippen LogP contribution in [0.15, 0.2) is 29.1 Å². The smallest absolute Gasteiger partial charge is 0.348 e. The fourth-order valence-electron chi connectivity index (χ4n) is 2.78. The fourth-order valence-corrected chi connectivity index (χ4v) is 3.88. The lowest BCUT2D eigenvalue weighted by Gasteiger charge is -2.10. The second-order valence-corrected chi connectivity index (χ2v) is 7.37. The minimum absolute atomic E-state index is 0.215. The largest absolute Gasteiger partial charge is 0.459 e. The summed E-state index contributed by atoms with van der Waals surface area (Å²) in [6.45, 7) is 7.21. The first-order valence-electron chi connectivity index (χ1n) is 8.24. The molecule has 0 radical (unpaired) electrons. The Morgan fingerprint density at radius 1 is 1.35 bits per heavy atom. The zero-order valence-electron chi connectivity index (χ0n) is 15.0. The predicted octanol–water partition coefficient (Wildman–Crippen LogP) is 3.83. The molecule has 0 N–H and O–H groups in total. The van der Waals surface area contributed by atoms with E-state index in [4.69, 9.17) is 4.74 Å². The van der Waals surface area contributed by atoms with Gasteiger partial charge >= 0.3 is 5.97 Å². The number of halogens is 1. The lowest BCUT2D eigenvalue weighted by atomic mass is 10.2. The zero-order chi connectivity index (χ0) is 19.0. The van der Waals surface area contributed by atoms with Crippen molar-refractivity contribution in [2.24, 2.45) is 0 Å². The van der Waals surface area contributed by atoms with Crippen LogP contribution in [-0.4, -0.2) is 21.6 Å². The lowest BCUT2D eigenvalue weighted by molar-refractivity contribution is 0.0383. The molecule has 26 heavy (non-hydrogen) atoms. The van der Waals surface area contributed by atoms with E-state index in [0.29, 0.717) is 32.0 Å². The second-order valence-electron chi connectivity index (χ2n) is 6.37. The number of hydrogen-bond acceptors (Lipinski definition) is 5. The van der Waals surface area contributed by atoms with E-state index in [9.17, 15) is 14.0 Å². The summed E-state index contributed by atoms with van der Waals surface area (Å²) in [6.07, 6.45) is -0.244. The number of nitrogens with zero attached hydrogens (tertiary/aromatic N) is 2. The number of benzene rings is 1. The summed E-state index contributed by atoms with van der Waals surface area (Å²) in [6, 6.07) is 6.11. The van der Waals surface area contributed by atoms with Crippen LogP contribution in [0.25, 0.3) is 10.2 Å². The zero-order valence-corrected chi connectivity index (χ0v) is 15.8. The number of esters is 1. The molecule has 1 aromatic carbocycles. The van der Waals surface area contributed by atoms with Crippen molar-refractivity contribution < 1.29 is 13.9 Å². The maximum absolute atomic E-state index is 13.4. The van der Waals surface area contributed by atoms with Crippen molar-refractivity contribution in [2.75, 3.05) is 0 Å². The predicted molar refractivity (Wildman–Crippen MR) is 99.4 cm³/mol. The third-order valence-electron chi connectivity index (χ3n) is 4.00. The Bertz CT molecular complexity index is 1050. The number of aromatic nitrogens is 2. The lowest BCUT2D eigenvalue weighted by Crippen LogP contribution is -2.24. The van der Waals surface area contributed by atoms with Crippen LogP contribution >= 0.6 is 11.3 Å². The van der Waals surface area contributed by atoms with Crippen molar-refractivity contribution in [2.45, 2.75) is 40.3 Å². The number of aryl methyl sites for hydroxylation is 2. The van der Waals surface area contributed by atoms with Gasteiger partial charge in [-0.25, -0.2) is 14.2 Å². The SMILES string of the molecule is Cc1c(C(=O)OC(C)C)sc2nc(C)n(Cc3cccc(F)c3)c(=O)c12. The number of fused-ring (bicyclic) bond motifs is 1. The van der Waals surface area contributed by atoms with E-state index in [-0.39, 0.29) is 24.0 Å². The van der Waals surface area contributed by atoms with Crippen molar-refractivity contribution in [3.05, 3.63) is 62.3 Å². The maximum atomic E-state index is 13.4. The molecule has 0 spiro atoms. The molecular weight excluding hydrogens is 355 g/mol. The van der Waals surface area contributed by atoms with Gasteiger partial charge in [0.1, 0.15) is 21.3 Å². The van der Waals surface area contributed by atoms with E-state index in [0.717, 1.165) is 11.3 Å². The van der Waals surface area contributed by atoms with Crippen LogP contribution in [0.3, 0.4) is 0 Å². The van der Waals surface area contributed by atoms with Gasteiger partial charge in [0.2, 0.25) is 0 Å². The van der Waals surface area contributed by atoms with Gasteiger partial charge in [-0.1, -0.05) is 12.1 Å². The van der Waals surface area contributed by atoms with Gasteiger partial charge in [0.25, 0.3) is 5.56 Å². The molecule has 0 amide bonds. The Hall–Kier alpha value is -2.54. The van der Waals surface area contributed by atoms with E-state index in [1.54, 1.807) is 39.8 Å². The van der Waals surface area contributed by atoms with Gasteiger partial charge in [0.05, 0.1) is 18.0 Å². The molecule has 0 aliphatic heterocycles. The van der Waals surface area contributed by atoms with Gasteiger partial charge in [-0.2, -0.15) is 0 Å². The van der Waals surface area contributed by atoms with Crippen molar-refractivity contribution in [3.63, 3.8) is 0 Å². The topological polar surface area (TPSA) is 61.2 Å². The summed E-state index contributed by atoms with van der Waals surface area (Å²) >= 11 is 1.16. The minimum atomic E-state index is -0.450. The van der Waals surface area contributed by atoms with E-state index >= 15 is 0 Å². The quantitative estimate of drug-likeness (QED) is 0.651. The molecule has 3 aromatic rings. The maximum Gasteiger partial charge on any atom is 0.348 e. The van der Waals surface area contributed by atoms with Gasteiger partial charge in [0.15, 0.2) is 0 Å². The van der Waals surface area contributed by atoms with Crippen molar-refractivity contribution >= 4 is 27.5 Å². The summed E-state index contributed by atoms with van der Waals surface area (Å²) in [7, 11) is 0. The Labute approximate surface area is 154 Å². The highest BCUT2D eigenvalue weighted by molar-refractivity contribution is 7.20. The molecule has 3 rings (SSSR count). The molecule has 0 aliphatic carbocycles. The standard InChI is InChI=1S/C19H19FN2O3S/c1-10(2)25-19(24)16-11(3)15-17(26-16)21-12(4)22(18(15)23)9-13-6-5-7-14(20)8-13/h5-8,10H,9H2,1-4H3. The third kappa shape index (κ3) is 3.39. The Kier molecular flexibility index (Phi) is 4.91. The van der Waals surface area contributed by atoms with Crippen LogP contribution in [0, 0.1) is 19.7 Å². The molecule has 7 heteroatoms. The van der Waals surface area contributed by atoms with Crippen molar-refractivity contribution in [1.29, 1.82) is 0 Å². The van der Waals surface area contributed by atoms with E-state index in [1.165, 1.54) is 16.7 Å². The van der Waals surface area contributed by atoms with Crippen LogP contribution in [0.5, 0.6) is 0 Å². The average molecular weight is 374 g/mol. The summed E-state index contributed by atoms with van der Waals surface area (Å²) in [5.74, 6) is -0.293. The monoisotopic (exact) mass is 374 g/mol. The van der Waals surface area contributed by atoms with E-state index in [2.05, 4.69) is 4.98 Å². The van der Waals surface area contributed by atoms with Crippen molar-refractivity contribution in [3.8, 4) is 0 Å². The van der Waals surface area contributed by atoms with Crippen LogP contribution in [0.2, 0.25) is 0 Å². The number of carbonyl (C=O) groups is 1. The molecule has 0 unspecified atom stereocenters. The summed E-state index contributed by atoms with van der Waals surface area (Å²) in [5.41, 5.74) is 0.999. The Morgan fingerprint density at radius 3 is 2.73 bits per heavy atom. The number of carbonyl (C=O) groups excluding carboxylic acids is 1. The molecule has 0 saturated heterocycles. The summed E-state index contributed by atoms with van der Waals surface area (Å²) < 4.78 is 20.2. The molecule has 2 aromatic heterocycles. The molecule has 0 saturated carbocycles. The third-order valence-corrected chi connectivity index (χ3v) is 5.16. The van der Waals surface area contributed by atoms with Gasteiger partial charge in [-0.05, 0) is 51.0 Å². The number of rotatable bonds is 4. The summed E-state index contributed by atoms with van der Waals surface area (Å²) in [5, 5.41) is 0.410. The number of thiophene rings is 1. The van der Waals surface area contributed by atoms with Gasteiger partial charge in [-0.3, -0.25) is 9.36 Å². The molecule has 2 heterocycles. The first kappa shape index (κ1) is 18.3. The van der Waals surface area contributed by atoms with Crippen molar-refractivity contribution in [1.82, 2.24) is 9.55 Å². The Morgan fingerprint density at radius 2 is 2.08 bits per heavy atom. The average Bonchev–Trinajstić information content (AvgIpc) is 2.87. The van der Waals surface area contributed by atoms with Gasteiger partial charge < -0.3 is 4.74 Å². The number of hydrogen-bond donors (Lipinski definition) is 0. The normalized spacial score (nSPS) is 11.3. The minimum Gasteiger partial charge on any atom is -0.459 e. The molecule has 0 fully saturated rings.